The Morgan fingerprint density at radius 3 is 2.85 bits per heavy atom. The summed E-state index contributed by atoms with van der Waals surface area (Å²) < 4.78 is 0.986. The smallest absolute Gasteiger partial charge is 0.167 e. The predicted molar refractivity (Wildman–Crippen MR) is 56.1 cm³/mol. The number of benzene rings is 1. The van der Waals surface area contributed by atoms with Crippen LogP contribution >= 0.6 is 15.9 Å². The van der Waals surface area contributed by atoms with E-state index in [9.17, 15) is 4.79 Å². The van der Waals surface area contributed by atoms with Gasteiger partial charge in [-0.3, -0.25) is 4.79 Å². The van der Waals surface area contributed by atoms with Crippen LogP contribution in [0.3, 0.4) is 0 Å². The standard InChI is InChI=1S/C11H11BrO/c1-6-3-4-8-5-7(2)11(13)9(8)10(6)12/h3-4,7H,5H2,1-2H3. The van der Waals surface area contributed by atoms with Crippen molar-refractivity contribution in [3.05, 3.63) is 33.3 Å². The Labute approximate surface area is 86.3 Å². The van der Waals surface area contributed by atoms with Gasteiger partial charge in [0.25, 0.3) is 0 Å². The summed E-state index contributed by atoms with van der Waals surface area (Å²) in [7, 11) is 0. The average molecular weight is 239 g/mol. The van der Waals surface area contributed by atoms with Crippen molar-refractivity contribution in [2.75, 3.05) is 0 Å². The van der Waals surface area contributed by atoms with Crippen LogP contribution in [0.2, 0.25) is 0 Å². The number of fused-ring (bicyclic) bond motifs is 1. The molecule has 2 rings (SSSR count). The van der Waals surface area contributed by atoms with Gasteiger partial charge in [-0.2, -0.15) is 0 Å². The molecule has 1 unspecified atom stereocenters. The molecule has 0 spiro atoms. The normalized spacial score (nSPS) is 20.5. The summed E-state index contributed by atoms with van der Waals surface area (Å²) in [4.78, 5) is 11.7. The molecule has 2 heteroatoms. The number of carbonyl (C=O) groups excluding carboxylic acids is 1. The highest BCUT2D eigenvalue weighted by Gasteiger charge is 2.29. The monoisotopic (exact) mass is 238 g/mol. The lowest BCUT2D eigenvalue weighted by molar-refractivity contribution is 0.0945. The van der Waals surface area contributed by atoms with Crippen molar-refractivity contribution in [3.8, 4) is 0 Å². The van der Waals surface area contributed by atoms with Crippen LogP contribution < -0.4 is 0 Å². The second-order valence-corrected chi connectivity index (χ2v) is 4.49. The molecule has 1 atom stereocenters. The Hall–Kier alpha value is -0.630. The Morgan fingerprint density at radius 1 is 1.46 bits per heavy atom. The van der Waals surface area contributed by atoms with Crippen LogP contribution in [0, 0.1) is 12.8 Å². The van der Waals surface area contributed by atoms with Crippen LogP contribution in [-0.4, -0.2) is 5.78 Å². The second kappa shape index (κ2) is 2.95. The number of hydrogen-bond donors (Lipinski definition) is 0. The quantitative estimate of drug-likeness (QED) is 0.679. The SMILES string of the molecule is Cc1ccc2c(c1Br)C(=O)C(C)C2. The fourth-order valence-electron chi connectivity index (χ4n) is 1.83. The Balaban J connectivity index is 2.66. The molecule has 13 heavy (non-hydrogen) atoms. The molecule has 0 amide bonds. The van der Waals surface area contributed by atoms with Gasteiger partial charge in [0.05, 0.1) is 0 Å². The first-order valence-electron chi connectivity index (χ1n) is 4.43. The average Bonchev–Trinajstić information content (AvgIpc) is 2.37. The maximum absolute atomic E-state index is 11.7. The van der Waals surface area contributed by atoms with Crippen LogP contribution in [-0.2, 0) is 6.42 Å². The molecule has 0 saturated heterocycles. The number of rotatable bonds is 0. The van der Waals surface area contributed by atoms with Gasteiger partial charge in [0.15, 0.2) is 5.78 Å². The summed E-state index contributed by atoms with van der Waals surface area (Å²) >= 11 is 3.48. The maximum Gasteiger partial charge on any atom is 0.167 e. The van der Waals surface area contributed by atoms with Gasteiger partial charge in [0.1, 0.15) is 0 Å². The minimum Gasteiger partial charge on any atom is -0.294 e. The van der Waals surface area contributed by atoms with Gasteiger partial charge in [0, 0.05) is 16.0 Å². The highest BCUT2D eigenvalue weighted by atomic mass is 79.9. The summed E-state index contributed by atoms with van der Waals surface area (Å²) in [5, 5.41) is 0. The van der Waals surface area contributed by atoms with E-state index in [1.54, 1.807) is 0 Å². The minimum atomic E-state index is 0.160. The molecule has 0 bridgehead atoms. The van der Waals surface area contributed by atoms with Crippen molar-refractivity contribution in [1.29, 1.82) is 0 Å². The van der Waals surface area contributed by atoms with Gasteiger partial charge < -0.3 is 0 Å². The van der Waals surface area contributed by atoms with E-state index < -0.39 is 0 Å². The molecule has 0 radical (unpaired) electrons. The van der Waals surface area contributed by atoms with E-state index in [-0.39, 0.29) is 11.7 Å². The molecule has 0 fully saturated rings. The fourth-order valence-corrected chi connectivity index (χ4v) is 2.41. The van der Waals surface area contributed by atoms with Crippen LogP contribution in [0.25, 0.3) is 0 Å². The Kier molecular flexibility index (Phi) is 2.03. The van der Waals surface area contributed by atoms with E-state index in [0.29, 0.717) is 0 Å². The zero-order valence-corrected chi connectivity index (χ0v) is 9.31. The highest BCUT2D eigenvalue weighted by Crippen LogP contribution is 2.33. The molecule has 68 valence electrons. The number of carbonyl (C=O) groups is 1. The third-order valence-electron chi connectivity index (χ3n) is 2.64. The zero-order valence-electron chi connectivity index (χ0n) is 7.73. The number of Topliss-reactive ketones (excluding diaryl/α,β-unsaturated/α-hetero) is 1. The van der Waals surface area contributed by atoms with Gasteiger partial charge in [-0.1, -0.05) is 19.1 Å². The minimum absolute atomic E-state index is 0.160. The van der Waals surface area contributed by atoms with Crippen LogP contribution in [0.5, 0.6) is 0 Å². The highest BCUT2D eigenvalue weighted by molar-refractivity contribution is 9.10. The third kappa shape index (κ3) is 1.24. The van der Waals surface area contributed by atoms with Gasteiger partial charge in [-0.25, -0.2) is 0 Å². The molecule has 0 N–H and O–H groups in total. The summed E-state index contributed by atoms with van der Waals surface area (Å²) in [5.74, 6) is 0.443. The lowest BCUT2D eigenvalue weighted by Gasteiger charge is -2.03. The van der Waals surface area contributed by atoms with E-state index in [1.165, 1.54) is 5.56 Å². The molecule has 1 aromatic rings. The van der Waals surface area contributed by atoms with Gasteiger partial charge in [0.2, 0.25) is 0 Å². The molecule has 0 saturated carbocycles. The van der Waals surface area contributed by atoms with Gasteiger partial charge in [-0.05, 0) is 40.4 Å². The first-order valence-corrected chi connectivity index (χ1v) is 5.22. The summed E-state index contributed by atoms with van der Waals surface area (Å²) in [6, 6.07) is 4.13. The molecular weight excluding hydrogens is 228 g/mol. The van der Waals surface area contributed by atoms with Crippen molar-refractivity contribution in [3.63, 3.8) is 0 Å². The van der Waals surface area contributed by atoms with Crippen molar-refractivity contribution in [2.24, 2.45) is 5.92 Å². The van der Waals surface area contributed by atoms with E-state index in [2.05, 4.69) is 28.1 Å². The summed E-state index contributed by atoms with van der Waals surface area (Å²) in [6.07, 6.45) is 0.896. The number of halogens is 1. The third-order valence-corrected chi connectivity index (χ3v) is 3.66. The van der Waals surface area contributed by atoms with Gasteiger partial charge >= 0.3 is 0 Å². The molecular formula is C11H11BrO. The van der Waals surface area contributed by atoms with Gasteiger partial charge in [-0.15, -0.1) is 0 Å². The van der Waals surface area contributed by atoms with Crippen molar-refractivity contribution < 1.29 is 4.79 Å². The zero-order chi connectivity index (χ0) is 9.59. The van der Waals surface area contributed by atoms with Crippen molar-refractivity contribution in [1.82, 2.24) is 0 Å². The lowest BCUT2D eigenvalue weighted by atomic mass is 10.1. The molecule has 1 aromatic carbocycles. The number of ketones is 1. The van der Waals surface area contributed by atoms with Crippen LogP contribution in [0.4, 0.5) is 0 Å². The topological polar surface area (TPSA) is 17.1 Å². The Morgan fingerprint density at radius 2 is 2.15 bits per heavy atom. The van der Waals surface area contributed by atoms with E-state index in [1.807, 2.05) is 13.8 Å². The molecule has 0 aliphatic heterocycles. The number of hydrogen-bond acceptors (Lipinski definition) is 1. The first-order chi connectivity index (χ1) is 6.11. The lowest BCUT2D eigenvalue weighted by Crippen LogP contribution is -2.03. The largest absolute Gasteiger partial charge is 0.294 e. The van der Waals surface area contributed by atoms with Crippen molar-refractivity contribution >= 4 is 21.7 Å². The predicted octanol–water partition coefficient (Wildman–Crippen LogP) is 3.13. The fraction of sp³-hybridized carbons (Fsp3) is 0.364. The first kappa shape index (κ1) is 8.95. The molecule has 1 aliphatic carbocycles. The summed E-state index contributed by atoms with van der Waals surface area (Å²) in [6.45, 7) is 4.00. The molecule has 0 aromatic heterocycles. The van der Waals surface area contributed by atoms with E-state index in [4.69, 9.17) is 0 Å². The summed E-state index contributed by atoms with van der Waals surface area (Å²) in [5.41, 5.74) is 3.24. The van der Waals surface area contributed by atoms with E-state index >= 15 is 0 Å². The van der Waals surface area contributed by atoms with Crippen molar-refractivity contribution in [2.45, 2.75) is 20.3 Å². The Bertz CT molecular complexity index is 382. The van der Waals surface area contributed by atoms with Crippen LogP contribution in [0.15, 0.2) is 16.6 Å². The molecule has 0 heterocycles. The maximum atomic E-state index is 11.7. The number of aryl methyl sites for hydroxylation is 1. The molecule has 1 aliphatic rings. The molecule has 1 nitrogen and oxygen atoms in total. The van der Waals surface area contributed by atoms with Crippen LogP contribution in [0.1, 0.15) is 28.4 Å². The van der Waals surface area contributed by atoms with E-state index in [0.717, 1.165) is 22.0 Å². The second-order valence-electron chi connectivity index (χ2n) is 3.70.